The van der Waals surface area contributed by atoms with Crippen LogP contribution >= 0.6 is 0 Å². The number of hydrogen-bond donors (Lipinski definition) is 2. The molecule has 0 spiro atoms. The SMILES string of the molecule is COCCC(C)Nc1ncc2c(-c3ccc(CN4CCCC4)cc3)cc(C3CCC(O)CC3)n2n1. The van der Waals surface area contributed by atoms with Crippen molar-refractivity contribution in [3.63, 3.8) is 0 Å². The summed E-state index contributed by atoms with van der Waals surface area (Å²) in [6.07, 6.45) is 8.98. The smallest absolute Gasteiger partial charge is 0.241 e. The largest absolute Gasteiger partial charge is 0.393 e. The number of anilines is 1. The van der Waals surface area contributed by atoms with Gasteiger partial charge < -0.3 is 15.2 Å². The summed E-state index contributed by atoms with van der Waals surface area (Å²) in [5, 5.41) is 18.4. The van der Waals surface area contributed by atoms with Gasteiger partial charge in [0.1, 0.15) is 0 Å². The van der Waals surface area contributed by atoms with Crippen molar-refractivity contribution < 1.29 is 9.84 Å². The van der Waals surface area contributed by atoms with Crippen LogP contribution < -0.4 is 5.32 Å². The summed E-state index contributed by atoms with van der Waals surface area (Å²) < 4.78 is 7.31. The molecule has 0 bridgehead atoms. The molecule has 2 N–H and O–H groups in total. The molecule has 35 heavy (non-hydrogen) atoms. The minimum absolute atomic E-state index is 0.173. The molecule has 1 saturated carbocycles. The van der Waals surface area contributed by atoms with E-state index in [1.54, 1.807) is 7.11 Å². The number of aliphatic hydroxyl groups is 1. The highest BCUT2D eigenvalue weighted by Crippen LogP contribution is 2.37. The molecule has 2 fully saturated rings. The zero-order valence-electron chi connectivity index (χ0n) is 21.1. The Morgan fingerprint density at radius 2 is 1.86 bits per heavy atom. The fourth-order valence-corrected chi connectivity index (χ4v) is 5.55. The number of methoxy groups -OCH3 is 1. The molecule has 0 amide bonds. The number of benzene rings is 1. The van der Waals surface area contributed by atoms with Crippen molar-refractivity contribution in [1.82, 2.24) is 19.5 Å². The molecular weight excluding hydrogens is 438 g/mol. The molecule has 1 atom stereocenters. The first-order valence-electron chi connectivity index (χ1n) is 13.2. The normalized spacial score (nSPS) is 22.0. The number of rotatable bonds is 9. The molecule has 2 aromatic heterocycles. The Hall–Kier alpha value is -2.48. The highest BCUT2D eigenvalue weighted by Gasteiger charge is 2.25. The first-order chi connectivity index (χ1) is 17.1. The third-order valence-corrected chi connectivity index (χ3v) is 7.66. The summed E-state index contributed by atoms with van der Waals surface area (Å²) in [6, 6.07) is 11.5. The average Bonchev–Trinajstić information content (AvgIpc) is 3.52. The van der Waals surface area contributed by atoms with E-state index < -0.39 is 0 Å². The Labute approximate surface area is 208 Å². The standard InChI is InChI=1S/C28H39N5O2/c1-20(13-16-35-2)30-28-29-18-27-25(17-26(33(27)31-28)23-9-11-24(34)12-10-23)22-7-5-21(6-8-22)19-32-14-3-4-15-32/h5-8,17-18,20,23-24,34H,3-4,9-16,19H2,1-2H3,(H,30,31). The minimum Gasteiger partial charge on any atom is -0.393 e. The van der Waals surface area contributed by atoms with Gasteiger partial charge in [-0.05, 0) is 82.2 Å². The summed E-state index contributed by atoms with van der Waals surface area (Å²) in [7, 11) is 1.73. The van der Waals surface area contributed by atoms with Crippen molar-refractivity contribution in [3.05, 3.63) is 47.8 Å². The second-order valence-corrected chi connectivity index (χ2v) is 10.4. The Morgan fingerprint density at radius 1 is 1.11 bits per heavy atom. The monoisotopic (exact) mass is 477 g/mol. The number of likely N-dealkylation sites (tertiary alicyclic amines) is 1. The summed E-state index contributed by atoms with van der Waals surface area (Å²) in [5.74, 6) is 1.03. The van der Waals surface area contributed by atoms with Crippen molar-refractivity contribution in [3.8, 4) is 11.1 Å². The molecule has 1 aromatic carbocycles. The lowest BCUT2D eigenvalue weighted by Crippen LogP contribution is -2.21. The van der Waals surface area contributed by atoms with E-state index in [1.807, 2.05) is 6.20 Å². The molecule has 1 aliphatic carbocycles. The van der Waals surface area contributed by atoms with Gasteiger partial charge >= 0.3 is 0 Å². The topological polar surface area (TPSA) is 74.9 Å². The van der Waals surface area contributed by atoms with Crippen LogP contribution in [0.1, 0.15) is 69.0 Å². The third kappa shape index (κ3) is 5.68. The van der Waals surface area contributed by atoms with E-state index in [9.17, 15) is 5.11 Å². The zero-order valence-corrected chi connectivity index (χ0v) is 21.1. The Kier molecular flexibility index (Phi) is 7.66. The fraction of sp³-hybridized carbons (Fsp3) is 0.571. The summed E-state index contributed by atoms with van der Waals surface area (Å²) >= 11 is 0. The summed E-state index contributed by atoms with van der Waals surface area (Å²) in [6.45, 7) is 6.28. The van der Waals surface area contributed by atoms with E-state index in [0.29, 0.717) is 18.5 Å². The van der Waals surface area contributed by atoms with Crippen LogP contribution in [0.15, 0.2) is 36.5 Å². The van der Waals surface area contributed by atoms with Crippen LogP contribution in [0, 0.1) is 0 Å². The van der Waals surface area contributed by atoms with Gasteiger partial charge in [-0.1, -0.05) is 24.3 Å². The van der Waals surface area contributed by atoms with Crippen LogP contribution in [0.25, 0.3) is 16.6 Å². The third-order valence-electron chi connectivity index (χ3n) is 7.66. The van der Waals surface area contributed by atoms with E-state index in [2.05, 4.69) is 57.0 Å². The van der Waals surface area contributed by atoms with Crippen molar-refractivity contribution in [1.29, 1.82) is 0 Å². The van der Waals surface area contributed by atoms with Crippen molar-refractivity contribution in [2.45, 2.75) is 76.5 Å². The number of aromatic nitrogens is 3. The molecule has 7 heteroatoms. The van der Waals surface area contributed by atoms with Crippen LogP contribution in [-0.2, 0) is 11.3 Å². The minimum atomic E-state index is -0.173. The molecule has 3 aromatic rings. The highest BCUT2D eigenvalue weighted by molar-refractivity contribution is 5.81. The van der Waals surface area contributed by atoms with Crippen LogP contribution in [0.5, 0.6) is 0 Å². The van der Waals surface area contributed by atoms with Gasteiger partial charge in [0, 0.05) is 43.5 Å². The summed E-state index contributed by atoms with van der Waals surface area (Å²) in [4.78, 5) is 7.20. The highest BCUT2D eigenvalue weighted by atomic mass is 16.5. The first-order valence-corrected chi connectivity index (χ1v) is 13.2. The van der Waals surface area contributed by atoms with Crippen molar-refractivity contribution >= 4 is 11.5 Å². The number of hydrogen-bond acceptors (Lipinski definition) is 6. The quantitative estimate of drug-likeness (QED) is 0.459. The van der Waals surface area contributed by atoms with Gasteiger partial charge in [0.2, 0.25) is 5.95 Å². The van der Waals surface area contributed by atoms with E-state index in [0.717, 1.165) is 44.2 Å². The molecule has 1 aliphatic heterocycles. The fourth-order valence-electron chi connectivity index (χ4n) is 5.55. The van der Waals surface area contributed by atoms with E-state index in [4.69, 9.17) is 9.84 Å². The van der Waals surface area contributed by atoms with Gasteiger partial charge in [-0.3, -0.25) is 4.90 Å². The van der Waals surface area contributed by atoms with Gasteiger partial charge in [-0.25, -0.2) is 9.50 Å². The number of nitrogens with one attached hydrogen (secondary N) is 1. The van der Waals surface area contributed by atoms with Gasteiger partial charge in [0.05, 0.1) is 17.8 Å². The number of nitrogens with zero attached hydrogens (tertiary/aromatic N) is 4. The van der Waals surface area contributed by atoms with E-state index in [-0.39, 0.29) is 12.1 Å². The van der Waals surface area contributed by atoms with E-state index >= 15 is 0 Å². The Balaban J connectivity index is 1.45. The molecule has 1 saturated heterocycles. The first kappa shape index (κ1) is 24.2. The van der Waals surface area contributed by atoms with Crippen molar-refractivity contribution in [2.24, 2.45) is 0 Å². The molecule has 7 nitrogen and oxygen atoms in total. The Morgan fingerprint density at radius 3 is 2.57 bits per heavy atom. The lowest BCUT2D eigenvalue weighted by Gasteiger charge is -2.25. The van der Waals surface area contributed by atoms with Gasteiger partial charge in [-0.2, -0.15) is 0 Å². The van der Waals surface area contributed by atoms with Crippen LogP contribution in [0.4, 0.5) is 5.95 Å². The number of aliphatic hydroxyl groups excluding tert-OH is 1. The predicted molar refractivity (Wildman–Crippen MR) is 140 cm³/mol. The average molecular weight is 478 g/mol. The van der Waals surface area contributed by atoms with Crippen molar-refractivity contribution in [2.75, 3.05) is 32.1 Å². The van der Waals surface area contributed by atoms with Gasteiger partial charge in [0.15, 0.2) is 0 Å². The lowest BCUT2D eigenvalue weighted by molar-refractivity contribution is 0.121. The molecule has 1 unspecified atom stereocenters. The molecule has 3 heterocycles. The van der Waals surface area contributed by atoms with Gasteiger partial charge in [-0.15, -0.1) is 5.10 Å². The summed E-state index contributed by atoms with van der Waals surface area (Å²) in [5.41, 5.74) is 6.00. The van der Waals surface area contributed by atoms with Crippen LogP contribution in [0.2, 0.25) is 0 Å². The molecule has 188 valence electrons. The maximum atomic E-state index is 10.1. The number of fused-ring (bicyclic) bond motifs is 1. The molecule has 0 radical (unpaired) electrons. The second kappa shape index (κ2) is 11.1. The second-order valence-electron chi connectivity index (χ2n) is 10.4. The van der Waals surface area contributed by atoms with Crippen LogP contribution in [-0.4, -0.2) is 63.6 Å². The molecular formula is C28H39N5O2. The maximum Gasteiger partial charge on any atom is 0.241 e. The number of ether oxygens (including phenoxy) is 1. The maximum absolute atomic E-state index is 10.1. The lowest BCUT2D eigenvalue weighted by atomic mass is 9.85. The molecule has 2 aliphatic rings. The van der Waals surface area contributed by atoms with E-state index in [1.165, 1.54) is 48.3 Å². The Bertz CT molecular complexity index is 1100. The van der Waals surface area contributed by atoms with Gasteiger partial charge in [0.25, 0.3) is 0 Å². The zero-order chi connectivity index (χ0) is 24.2. The molecule has 5 rings (SSSR count). The van der Waals surface area contributed by atoms with Crippen LogP contribution in [0.3, 0.4) is 0 Å². The predicted octanol–water partition coefficient (Wildman–Crippen LogP) is 4.85.